The summed E-state index contributed by atoms with van der Waals surface area (Å²) in [5.74, 6) is -0.560. The van der Waals surface area contributed by atoms with E-state index in [4.69, 9.17) is 0 Å². The van der Waals surface area contributed by atoms with E-state index in [1.165, 1.54) is 18.0 Å². The number of amides is 2. The second kappa shape index (κ2) is 8.83. The summed E-state index contributed by atoms with van der Waals surface area (Å²) in [6.07, 6.45) is 1.19. The minimum absolute atomic E-state index is 0.323. The molecule has 0 atom stereocenters. The van der Waals surface area contributed by atoms with Crippen LogP contribution in [0.15, 0.2) is 59.1 Å². The maximum absolute atomic E-state index is 12.1. The van der Waals surface area contributed by atoms with Crippen molar-refractivity contribution in [3.63, 3.8) is 0 Å². The van der Waals surface area contributed by atoms with Gasteiger partial charge in [-0.05, 0) is 24.3 Å². The van der Waals surface area contributed by atoms with Gasteiger partial charge in [0.1, 0.15) is 0 Å². The Kier molecular flexibility index (Phi) is 6.51. The molecule has 0 heterocycles. The second-order valence-corrected chi connectivity index (χ2v) is 5.75. The van der Waals surface area contributed by atoms with Crippen molar-refractivity contribution in [1.82, 2.24) is 5.43 Å². The van der Waals surface area contributed by atoms with E-state index in [2.05, 4.69) is 31.4 Å². The zero-order chi connectivity index (χ0) is 17.4. The molecule has 124 valence electrons. The van der Waals surface area contributed by atoms with Crippen LogP contribution in [0.3, 0.4) is 0 Å². The predicted molar refractivity (Wildman–Crippen MR) is 94.8 cm³/mol. The van der Waals surface area contributed by atoms with Gasteiger partial charge in [0.25, 0.3) is 6.21 Å². The van der Waals surface area contributed by atoms with Crippen LogP contribution in [0, 0.1) is 0 Å². The molecule has 0 fully saturated rings. The van der Waals surface area contributed by atoms with E-state index < -0.39 is 12.0 Å². The molecule has 2 rings (SSSR count). The molecule has 6 nitrogen and oxygen atoms in total. The van der Waals surface area contributed by atoms with Crippen LogP contribution in [-0.2, 0) is 16.1 Å². The molecule has 24 heavy (non-hydrogen) atoms. The Morgan fingerprint density at radius 1 is 1.12 bits per heavy atom. The SMILES string of the molecule is COC(=O)/C=[N+](\Cc1ccccc1)NC(=O)Nc1ccc(Br)cc1. The fraction of sp³-hybridized carbons (Fsp3) is 0.118. The molecule has 0 spiro atoms. The molecule has 0 aromatic heterocycles. The maximum atomic E-state index is 12.1. The number of anilines is 1. The highest BCUT2D eigenvalue weighted by molar-refractivity contribution is 9.10. The average molecular weight is 391 g/mol. The van der Waals surface area contributed by atoms with Crippen molar-refractivity contribution in [3.05, 3.63) is 64.6 Å². The molecular formula is C17H17BrN3O3+. The van der Waals surface area contributed by atoms with Crippen LogP contribution in [0.5, 0.6) is 0 Å². The van der Waals surface area contributed by atoms with Crippen molar-refractivity contribution in [2.75, 3.05) is 12.4 Å². The molecule has 0 bridgehead atoms. The first kappa shape index (κ1) is 17.7. The Morgan fingerprint density at radius 2 is 1.79 bits per heavy atom. The molecule has 2 aromatic carbocycles. The summed E-state index contributed by atoms with van der Waals surface area (Å²) < 4.78 is 6.90. The number of benzene rings is 2. The first-order valence-corrected chi connectivity index (χ1v) is 7.92. The van der Waals surface area contributed by atoms with Crippen molar-refractivity contribution in [1.29, 1.82) is 0 Å². The summed E-state index contributed by atoms with van der Waals surface area (Å²) in [4.78, 5) is 23.6. The zero-order valence-electron chi connectivity index (χ0n) is 13.0. The number of rotatable bonds is 5. The topological polar surface area (TPSA) is 70.4 Å². The van der Waals surface area contributed by atoms with Gasteiger partial charge in [-0.3, -0.25) is 0 Å². The number of ether oxygens (including phenoxy) is 1. The van der Waals surface area contributed by atoms with Gasteiger partial charge in [-0.25, -0.2) is 9.59 Å². The molecule has 0 unspecified atom stereocenters. The van der Waals surface area contributed by atoms with Gasteiger partial charge >= 0.3 is 12.0 Å². The van der Waals surface area contributed by atoms with Crippen LogP contribution in [0.25, 0.3) is 0 Å². The number of urea groups is 1. The van der Waals surface area contributed by atoms with Crippen LogP contribution < -0.4 is 10.7 Å². The highest BCUT2D eigenvalue weighted by Crippen LogP contribution is 2.13. The number of methoxy groups -OCH3 is 1. The van der Waals surface area contributed by atoms with Gasteiger partial charge in [-0.2, -0.15) is 0 Å². The first-order valence-electron chi connectivity index (χ1n) is 7.13. The van der Waals surface area contributed by atoms with E-state index in [1.807, 2.05) is 42.5 Å². The summed E-state index contributed by atoms with van der Waals surface area (Å²) in [7, 11) is 1.28. The van der Waals surface area contributed by atoms with E-state index in [0.29, 0.717) is 12.2 Å². The van der Waals surface area contributed by atoms with Gasteiger partial charge in [0, 0.05) is 15.7 Å². The number of hydrazine groups is 1. The Balaban J connectivity index is 2.06. The molecule has 0 aliphatic carbocycles. The number of carbonyl (C=O) groups is 2. The lowest BCUT2D eigenvalue weighted by Crippen LogP contribution is -2.39. The number of nitrogens with zero attached hydrogens (tertiary/aromatic N) is 1. The third-order valence-electron chi connectivity index (χ3n) is 3.01. The van der Waals surface area contributed by atoms with Gasteiger partial charge in [-0.15, -0.1) is 10.1 Å². The van der Waals surface area contributed by atoms with Crippen LogP contribution >= 0.6 is 15.9 Å². The highest BCUT2D eigenvalue weighted by Gasteiger charge is 2.14. The van der Waals surface area contributed by atoms with Crippen LogP contribution in [0.2, 0.25) is 0 Å². The van der Waals surface area contributed by atoms with E-state index in [9.17, 15) is 9.59 Å². The Labute approximate surface area is 148 Å². The molecule has 2 aromatic rings. The first-order chi connectivity index (χ1) is 11.6. The number of nitrogens with one attached hydrogen (secondary N) is 2. The quantitative estimate of drug-likeness (QED) is 0.356. The zero-order valence-corrected chi connectivity index (χ0v) is 14.6. The second-order valence-electron chi connectivity index (χ2n) is 4.84. The minimum atomic E-state index is -0.560. The summed E-state index contributed by atoms with van der Waals surface area (Å²) in [5.41, 5.74) is 4.17. The molecule has 0 aliphatic heterocycles. The molecule has 2 N–H and O–H groups in total. The van der Waals surface area contributed by atoms with E-state index in [0.717, 1.165) is 10.0 Å². The highest BCUT2D eigenvalue weighted by atomic mass is 79.9. The normalized spacial score (nSPS) is 10.8. The van der Waals surface area contributed by atoms with Gasteiger partial charge < -0.3 is 10.1 Å². The molecule has 2 amide bonds. The van der Waals surface area contributed by atoms with E-state index in [1.54, 1.807) is 12.1 Å². The third-order valence-corrected chi connectivity index (χ3v) is 3.53. The summed E-state index contributed by atoms with van der Waals surface area (Å²) >= 11 is 3.33. The van der Waals surface area contributed by atoms with Crippen molar-refractivity contribution in [2.24, 2.45) is 0 Å². The number of hydrogen-bond donors (Lipinski definition) is 2. The molecular weight excluding hydrogens is 374 g/mol. The fourth-order valence-corrected chi connectivity index (χ4v) is 2.16. The summed E-state index contributed by atoms with van der Waals surface area (Å²) in [6.45, 7) is 0.323. The number of hydrazone groups is 1. The lowest BCUT2D eigenvalue weighted by molar-refractivity contribution is -0.582. The van der Waals surface area contributed by atoms with Crippen LogP contribution in [-0.4, -0.2) is 30.0 Å². The fourth-order valence-electron chi connectivity index (χ4n) is 1.90. The molecule has 0 saturated heterocycles. The molecule has 7 heteroatoms. The summed E-state index contributed by atoms with van der Waals surface area (Å²) in [5, 5.41) is 2.69. The maximum Gasteiger partial charge on any atom is 0.397 e. The lowest BCUT2D eigenvalue weighted by atomic mass is 10.2. The number of esters is 1. The average Bonchev–Trinajstić information content (AvgIpc) is 2.57. The van der Waals surface area contributed by atoms with Gasteiger partial charge in [0.2, 0.25) is 0 Å². The van der Waals surface area contributed by atoms with Gasteiger partial charge in [-0.1, -0.05) is 46.3 Å². The standard InChI is InChI=1S/C17H16BrN3O3/c1-24-16(22)12-21(11-13-5-3-2-4-6-13)20-17(23)19-15-9-7-14(18)8-10-15/h2-10,12H,11H2,1H3,(H-,19,20,22,23)/p+1. The van der Waals surface area contributed by atoms with E-state index in [-0.39, 0.29) is 0 Å². The Hall–Kier alpha value is -2.67. The predicted octanol–water partition coefficient (Wildman–Crippen LogP) is 2.94. The number of hydrogen-bond acceptors (Lipinski definition) is 3. The number of halogens is 1. The van der Waals surface area contributed by atoms with E-state index >= 15 is 0 Å². The largest absolute Gasteiger partial charge is 0.461 e. The van der Waals surface area contributed by atoms with Crippen LogP contribution in [0.1, 0.15) is 5.56 Å². The molecule has 0 radical (unpaired) electrons. The lowest BCUT2D eigenvalue weighted by Gasteiger charge is -2.07. The van der Waals surface area contributed by atoms with Crippen LogP contribution in [0.4, 0.5) is 10.5 Å². The monoisotopic (exact) mass is 390 g/mol. The Morgan fingerprint density at radius 3 is 2.42 bits per heavy atom. The minimum Gasteiger partial charge on any atom is -0.461 e. The Bertz CT molecular complexity index is 731. The molecule has 0 aliphatic rings. The van der Waals surface area contributed by atoms with Crippen molar-refractivity contribution in [2.45, 2.75) is 6.54 Å². The smallest absolute Gasteiger partial charge is 0.397 e. The molecule has 0 saturated carbocycles. The van der Waals surface area contributed by atoms with Gasteiger partial charge in [0.05, 0.1) is 7.11 Å². The third kappa shape index (κ3) is 5.85. The summed E-state index contributed by atoms with van der Waals surface area (Å²) in [6, 6.07) is 16.1. The van der Waals surface area contributed by atoms with Crippen molar-refractivity contribution in [3.8, 4) is 0 Å². The van der Waals surface area contributed by atoms with Crippen molar-refractivity contribution >= 4 is 39.8 Å². The number of carbonyl (C=O) groups excluding carboxylic acids is 2. The van der Waals surface area contributed by atoms with Gasteiger partial charge in [0.15, 0.2) is 6.54 Å². The van der Waals surface area contributed by atoms with Crippen molar-refractivity contribution < 1.29 is 19.0 Å².